The van der Waals surface area contributed by atoms with Crippen molar-refractivity contribution in [2.45, 2.75) is 6.54 Å². The molecule has 8 heteroatoms. The van der Waals surface area contributed by atoms with Crippen LogP contribution in [0.25, 0.3) is 10.6 Å². The summed E-state index contributed by atoms with van der Waals surface area (Å²) in [6.45, 7) is 3.19. The fraction of sp³-hybridized carbons (Fsp3) is 0.462. The average Bonchev–Trinajstić information content (AvgIpc) is 3.08. The highest BCUT2D eigenvalue weighted by Crippen LogP contribution is 2.25. The van der Waals surface area contributed by atoms with Gasteiger partial charge in [-0.1, -0.05) is 11.2 Å². The summed E-state index contributed by atoms with van der Waals surface area (Å²) in [4.78, 5) is 3.26. The van der Waals surface area contributed by atoms with Crippen LogP contribution in [0, 0.1) is 0 Å². The number of rotatable bonds is 4. The molecule has 2 aromatic rings. The van der Waals surface area contributed by atoms with Gasteiger partial charge in [0.15, 0.2) is 5.76 Å². The number of piperazine rings is 1. The van der Waals surface area contributed by atoms with Crippen molar-refractivity contribution in [3.05, 3.63) is 29.3 Å². The standard InChI is InChI=1S/C13H17N3O3S2/c1-21(17,18)16-6-4-15(5-7-16)10-11-9-12(19-14-11)13-3-2-8-20-13/h2-3,8-9H,4-7,10H2,1H3. The topological polar surface area (TPSA) is 66.7 Å². The van der Waals surface area contributed by atoms with Gasteiger partial charge in [-0.15, -0.1) is 11.3 Å². The van der Waals surface area contributed by atoms with Crippen molar-refractivity contribution in [2.75, 3.05) is 32.4 Å². The third-order valence-electron chi connectivity index (χ3n) is 3.51. The van der Waals surface area contributed by atoms with Crippen LogP contribution in [0.4, 0.5) is 0 Å². The Balaban J connectivity index is 1.59. The van der Waals surface area contributed by atoms with Crippen LogP contribution < -0.4 is 0 Å². The van der Waals surface area contributed by atoms with Gasteiger partial charge in [0.2, 0.25) is 10.0 Å². The molecule has 0 N–H and O–H groups in total. The van der Waals surface area contributed by atoms with E-state index in [1.807, 2.05) is 23.6 Å². The van der Waals surface area contributed by atoms with E-state index in [4.69, 9.17) is 4.52 Å². The molecule has 1 saturated heterocycles. The highest BCUT2D eigenvalue weighted by Gasteiger charge is 2.23. The van der Waals surface area contributed by atoms with Crippen LogP contribution in [-0.4, -0.2) is 55.2 Å². The zero-order valence-electron chi connectivity index (χ0n) is 11.7. The number of aromatic nitrogens is 1. The molecule has 0 atom stereocenters. The van der Waals surface area contributed by atoms with E-state index in [0.717, 1.165) is 16.3 Å². The lowest BCUT2D eigenvalue weighted by Crippen LogP contribution is -2.47. The lowest BCUT2D eigenvalue weighted by atomic mass is 10.3. The minimum absolute atomic E-state index is 0.536. The summed E-state index contributed by atoms with van der Waals surface area (Å²) in [6, 6.07) is 5.93. The normalized spacial score (nSPS) is 18.1. The highest BCUT2D eigenvalue weighted by atomic mass is 32.2. The molecule has 21 heavy (non-hydrogen) atoms. The van der Waals surface area contributed by atoms with Crippen molar-refractivity contribution in [3.63, 3.8) is 0 Å². The molecule has 3 rings (SSSR count). The van der Waals surface area contributed by atoms with Crippen LogP contribution in [0.3, 0.4) is 0 Å². The Morgan fingerprint density at radius 1 is 1.33 bits per heavy atom. The van der Waals surface area contributed by atoms with Crippen molar-refractivity contribution >= 4 is 21.4 Å². The average molecular weight is 327 g/mol. The highest BCUT2D eigenvalue weighted by molar-refractivity contribution is 7.88. The molecule has 6 nitrogen and oxygen atoms in total. The minimum Gasteiger partial charge on any atom is -0.355 e. The lowest BCUT2D eigenvalue weighted by Gasteiger charge is -2.32. The summed E-state index contributed by atoms with van der Waals surface area (Å²) in [7, 11) is -3.07. The summed E-state index contributed by atoms with van der Waals surface area (Å²) in [6.07, 6.45) is 1.26. The molecule has 0 saturated carbocycles. The maximum Gasteiger partial charge on any atom is 0.211 e. The van der Waals surface area contributed by atoms with Crippen molar-refractivity contribution in [1.29, 1.82) is 0 Å². The van der Waals surface area contributed by atoms with Gasteiger partial charge < -0.3 is 4.52 Å². The number of hydrogen-bond acceptors (Lipinski definition) is 6. The Bertz CT molecular complexity index is 686. The van der Waals surface area contributed by atoms with Crippen LogP contribution in [0.1, 0.15) is 5.69 Å². The van der Waals surface area contributed by atoms with Crippen LogP contribution in [0.5, 0.6) is 0 Å². The molecular formula is C13H17N3O3S2. The van der Waals surface area contributed by atoms with E-state index in [-0.39, 0.29) is 0 Å². The second-order valence-electron chi connectivity index (χ2n) is 5.10. The number of sulfonamides is 1. The van der Waals surface area contributed by atoms with E-state index in [1.54, 1.807) is 11.3 Å². The number of nitrogens with zero attached hydrogens (tertiary/aromatic N) is 3. The quantitative estimate of drug-likeness (QED) is 0.851. The third kappa shape index (κ3) is 3.52. The summed E-state index contributed by atoms with van der Waals surface area (Å²) in [5, 5.41) is 6.09. The molecule has 3 heterocycles. The molecule has 0 unspecified atom stereocenters. The second-order valence-corrected chi connectivity index (χ2v) is 8.03. The zero-order chi connectivity index (χ0) is 14.9. The predicted molar refractivity (Wildman–Crippen MR) is 81.5 cm³/mol. The van der Waals surface area contributed by atoms with Crippen molar-refractivity contribution in [2.24, 2.45) is 0 Å². The maximum atomic E-state index is 11.5. The van der Waals surface area contributed by atoms with E-state index in [0.29, 0.717) is 32.7 Å². The first-order valence-corrected chi connectivity index (χ1v) is 9.42. The minimum atomic E-state index is -3.07. The van der Waals surface area contributed by atoms with Crippen LogP contribution in [-0.2, 0) is 16.6 Å². The largest absolute Gasteiger partial charge is 0.355 e. The first-order chi connectivity index (χ1) is 10.0. The summed E-state index contributed by atoms with van der Waals surface area (Å²) >= 11 is 1.62. The zero-order valence-corrected chi connectivity index (χ0v) is 13.4. The Hall–Kier alpha value is -1.22. The molecule has 2 aromatic heterocycles. The summed E-state index contributed by atoms with van der Waals surface area (Å²) in [5.41, 5.74) is 0.881. The van der Waals surface area contributed by atoms with E-state index in [2.05, 4.69) is 10.1 Å². The van der Waals surface area contributed by atoms with Crippen LogP contribution in [0.15, 0.2) is 28.1 Å². The van der Waals surface area contributed by atoms with E-state index in [9.17, 15) is 8.42 Å². The number of thiophene rings is 1. The van der Waals surface area contributed by atoms with Crippen LogP contribution in [0.2, 0.25) is 0 Å². The fourth-order valence-corrected chi connectivity index (χ4v) is 3.87. The molecule has 0 aliphatic carbocycles. The maximum absolute atomic E-state index is 11.5. The van der Waals surface area contributed by atoms with E-state index < -0.39 is 10.0 Å². The summed E-state index contributed by atoms with van der Waals surface area (Å²) < 4.78 is 29.8. The fourth-order valence-electron chi connectivity index (χ4n) is 2.37. The smallest absolute Gasteiger partial charge is 0.211 e. The molecule has 0 aromatic carbocycles. The van der Waals surface area contributed by atoms with Crippen molar-refractivity contribution in [1.82, 2.24) is 14.4 Å². The molecule has 1 aliphatic heterocycles. The van der Waals surface area contributed by atoms with Gasteiger partial charge in [-0.05, 0) is 11.4 Å². The van der Waals surface area contributed by atoms with Gasteiger partial charge in [-0.3, -0.25) is 4.90 Å². The summed E-state index contributed by atoms with van der Waals surface area (Å²) in [5.74, 6) is 0.787. The Kier molecular flexibility index (Phi) is 4.12. The second kappa shape index (κ2) is 5.88. The third-order valence-corrected chi connectivity index (χ3v) is 5.70. The Labute approximate surface area is 128 Å². The molecule has 1 aliphatic rings. The Morgan fingerprint density at radius 3 is 2.71 bits per heavy atom. The predicted octanol–water partition coefficient (Wildman–Crippen LogP) is 1.48. The van der Waals surface area contributed by atoms with E-state index >= 15 is 0 Å². The van der Waals surface area contributed by atoms with Crippen molar-refractivity contribution < 1.29 is 12.9 Å². The van der Waals surface area contributed by atoms with Gasteiger partial charge in [0.05, 0.1) is 16.8 Å². The van der Waals surface area contributed by atoms with Gasteiger partial charge in [-0.2, -0.15) is 4.31 Å². The molecule has 0 spiro atoms. The first kappa shape index (κ1) is 14.7. The molecular weight excluding hydrogens is 310 g/mol. The Morgan fingerprint density at radius 2 is 2.10 bits per heavy atom. The van der Waals surface area contributed by atoms with Gasteiger partial charge in [0.25, 0.3) is 0 Å². The first-order valence-electron chi connectivity index (χ1n) is 6.69. The molecule has 114 valence electrons. The monoisotopic (exact) mass is 327 g/mol. The van der Waals surface area contributed by atoms with Gasteiger partial charge >= 0.3 is 0 Å². The van der Waals surface area contributed by atoms with Crippen LogP contribution >= 0.6 is 11.3 Å². The lowest BCUT2D eigenvalue weighted by molar-refractivity contribution is 0.178. The molecule has 0 radical (unpaired) electrons. The van der Waals surface area contributed by atoms with Gasteiger partial charge in [0, 0.05) is 38.8 Å². The molecule has 0 amide bonds. The molecule has 1 fully saturated rings. The van der Waals surface area contributed by atoms with Gasteiger partial charge in [-0.25, -0.2) is 8.42 Å². The van der Waals surface area contributed by atoms with E-state index in [1.165, 1.54) is 10.6 Å². The van der Waals surface area contributed by atoms with Crippen molar-refractivity contribution in [3.8, 4) is 10.6 Å². The SMILES string of the molecule is CS(=O)(=O)N1CCN(Cc2cc(-c3cccs3)on2)CC1. The molecule has 0 bridgehead atoms. The number of hydrogen-bond donors (Lipinski definition) is 0. The van der Waals surface area contributed by atoms with Gasteiger partial charge in [0.1, 0.15) is 0 Å².